The first-order valence-corrected chi connectivity index (χ1v) is 11.0. The van der Waals surface area contributed by atoms with Crippen LogP contribution in [0.5, 0.6) is 11.5 Å². The molecule has 5 nitrogen and oxygen atoms in total. The first kappa shape index (κ1) is 24.6. The molecule has 0 saturated heterocycles. The molecule has 0 N–H and O–H groups in total. The molecule has 0 radical (unpaired) electrons. The molecule has 34 heavy (non-hydrogen) atoms. The third kappa shape index (κ3) is 6.51. The van der Waals surface area contributed by atoms with Gasteiger partial charge in [-0.2, -0.15) is 0 Å². The number of aryl methyl sites for hydroxylation is 4. The zero-order valence-corrected chi connectivity index (χ0v) is 20.4. The van der Waals surface area contributed by atoms with E-state index in [1.54, 1.807) is 0 Å². The first-order chi connectivity index (χ1) is 16.1. The van der Waals surface area contributed by atoms with Crippen LogP contribution >= 0.6 is 0 Å². The minimum Gasteiger partial charge on any atom is -0.426 e. The molecule has 0 bridgehead atoms. The van der Waals surface area contributed by atoms with Crippen LogP contribution in [0.15, 0.2) is 42.5 Å². The molecule has 3 aromatic rings. The van der Waals surface area contributed by atoms with Crippen molar-refractivity contribution in [3.05, 3.63) is 87.2 Å². The summed E-state index contributed by atoms with van der Waals surface area (Å²) in [5, 5.41) is 0. The predicted octanol–water partition coefficient (Wildman–Crippen LogP) is 6.51. The van der Waals surface area contributed by atoms with Gasteiger partial charge in [0.2, 0.25) is 0 Å². The molecule has 0 amide bonds. The van der Waals surface area contributed by atoms with Crippen molar-refractivity contribution in [3.8, 4) is 11.5 Å². The van der Waals surface area contributed by atoms with Gasteiger partial charge in [0.1, 0.15) is 11.5 Å². The fraction of sp³-hybridized carbons (Fsp3) is 0.207. The highest BCUT2D eigenvalue weighted by Crippen LogP contribution is 2.27. The molecule has 0 aliphatic heterocycles. The van der Waals surface area contributed by atoms with Gasteiger partial charge in [-0.25, -0.2) is 4.98 Å². The summed E-state index contributed by atoms with van der Waals surface area (Å²) in [5.41, 5.74) is 7.31. The summed E-state index contributed by atoms with van der Waals surface area (Å²) in [6.07, 6.45) is 7.90. The molecule has 1 heterocycles. The number of hydrogen-bond acceptors (Lipinski definition) is 5. The van der Waals surface area contributed by atoms with Crippen LogP contribution in [0.1, 0.15) is 58.6 Å². The summed E-state index contributed by atoms with van der Waals surface area (Å²) < 4.78 is 10.6. The number of aromatic nitrogens is 1. The molecule has 0 fully saturated rings. The lowest BCUT2D eigenvalue weighted by Gasteiger charge is -2.10. The molecule has 174 valence electrons. The van der Waals surface area contributed by atoms with Crippen molar-refractivity contribution in [2.75, 3.05) is 0 Å². The van der Waals surface area contributed by atoms with Crippen molar-refractivity contribution in [3.63, 3.8) is 0 Å². The molecule has 5 heteroatoms. The number of rotatable bonds is 6. The van der Waals surface area contributed by atoms with Crippen molar-refractivity contribution < 1.29 is 19.1 Å². The number of nitrogens with zero attached hydrogens (tertiary/aromatic N) is 1. The van der Waals surface area contributed by atoms with Crippen molar-refractivity contribution in [1.82, 2.24) is 4.98 Å². The molecule has 2 aromatic carbocycles. The van der Waals surface area contributed by atoms with Gasteiger partial charge < -0.3 is 9.47 Å². The van der Waals surface area contributed by atoms with Crippen LogP contribution in [-0.4, -0.2) is 16.9 Å². The van der Waals surface area contributed by atoms with Gasteiger partial charge in [-0.3, -0.25) is 9.59 Å². The highest BCUT2D eigenvalue weighted by atomic mass is 16.5. The monoisotopic (exact) mass is 455 g/mol. The Balaban J connectivity index is 1.78. The first-order valence-electron chi connectivity index (χ1n) is 11.0. The summed E-state index contributed by atoms with van der Waals surface area (Å²) in [6.45, 7) is 10.5. The van der Waals surface area contributed by atoms with E-state index < -0.39 is 0 Å². The molecule has 0 aliphatic rings. The van der Waals surface area contributed by atoms with Crippen LogP contribution < -0.4 is 9.47 Å². The van der Waals surface area contributed by atoms with Gasteiger partial charge in [-0.15, -0.1) is 0 Å². The summed E-state index contributed by atoms with van der Waals surface area (Å²) in [5.74, 6) is 0.575. The molecule has 1 aromatic heterocycles. The van der Waals surface area contributed by atoms with Crippen LogP contribution in [0.4, 0.5) is 0 Å². The Morgan fingerprint density at radius 3 is 1.32 bits per heavy atom. The zero-order chi connectivity index (χ0) is 24.8. The number of carbonyl (C=O) groups is 2. The number of benzene rings is 2. The lowest BCUT2D eigenvalue weighted by molar-refractivity contribution is -0.132. The minimum atomic E-state index is -0.325. The van der Waals surface area contributed by atoms with Crippen molar-refractivity contribution in [1.29, 1.82) is 0 Å². The number of hydrogen-bond donors (Lipinski definition) is 0. The Morgan fingerprint density at radius 2 is 1.00 bits per heavy atom. The second-order valence-electron chi connectivity index (χ2n) is 8.31. The molecule has 0 spiro atoms. The normalized spacial score (nSPS) is 11.2. The van der Waals surface area contributed by atoms with E-state index in [1.807, 2.05) is 94.5 Å². The van der Waals surface area contributed by atoms with Crippen LogP contribution in [0.3, 0.4) is 0 Å². The quantitative estimate of drug-likeness (QED) is 0.313. The Labute approximate surface area is 200 Å². The SMILES string of the molecule is CC(=O)Oc1c(C)cc(/C=C/c2cccc(/C=C/c3cc(C)c(OC(C)=O)c(C)c3)n2)cc1C. The van der Waals surface area contributed by atoms with Gasteiger partial charge >= 0.3 is 11.9 Å². The van der Waals surface area contributed by atoms with Crippen LogP contribution in [-0.2, 0) is 9.59 Å². The maximum absolute atomic E-state index is 11.3. The Hall–Kier alpha value is -3.99. The fourth-order valence-corrected chi connectivity index (χ4v) is 3.79. The van der Waals surface area contributed by atoms with E-state index in [4.69, 9.17) is 14.5 Å². The number of pyridine rings is 1. The van der Waals surface area contributed by atoms with E-state index in [9.17, 15) is 9.59 Å². The van der Waals surface area contributed by atoms with Gasteiger partial charge in [0.25, 0.3) is 0 Å². The molecule has 3 rings (SSSR count). The van der Waals surface area contributed by atoms with E-state index in [1.165, 1.54) is 13.8 Å². The predicted molar refractivity (Wildman–Crippen MR) is 137 cm³/mol. The minimum absolute atomic E-state index is 0.325. The second kappa shape index (κ2) is 10.8. The largest absolute Gasteiger partial charge is 0.426 e. The smallest absolute Gasteiger partial charge is 0.308 e. The van der Waals surface area contributed by atoms with Crippen LogP contribution in [0.2, 0.25) is 0 Å². The van der Waals surface area contributed by atoms with E-state index in [0.29, 0.717) is 11.5 Å². The van der Waals surface area contributed by atoms with Crippen molar-refractivity contribution in [2.24, 2.45) is 0 Å². The van der Waals surface area contributed by atoms with E-state index in [0.717, 1.165) is 44.8 Å². The number of carbonyl (C=O) groups excluding carboxylic acids is 2. The Morgan fingerprint density at radius 1 is 0.647 bits per heavy atom. The van der Waals surface area contributed by atoms with Crippen molar-refractivity contribution >= 4 is 36.2 Å². The van der Waals surface area contributed by atoms with E-state index in [-0.39, 0.29) is 11.9 Å². The molecular formula is C29H29NO4. The van der Waals surface area contributed by atoms with Crippen molar-refractivity contribution in [2.45, 2.75) is 41.5 Å². The molecule has 0 atom stereocenters. The Bertz CT molecular complexity index is 1160. The fourth-order valence-electron chi connectivity index (χ4n) is 3.79. The summed E-state index contributed by atoms with van der Waals surface area (Å²) >= 11 is 0. The number of ether oxygens (including phenoxy) is 2. The highest BCUT2D eigenvalue weighted by molar-refractivity contribution is 5.75. The van der Waals surface area contributed by atoms with Gasteiger partial charge in [0, 0.05) is 13.8 Å². The van der Waals surface area contributed by atoms with E-state index >= 15 is 0 Å². The van der Waals surface area contributed by atoms with Crippen LogP contribution in [0, 0.1) is 27.7 Å². The van der Waals surface area contributed by atoms with Gasteiger partial charge in [0.15, 0.2) is 0 Å². The average Bonchev–Trinajstić information content (AvgIpc) is 2.76. The zero-order valence-electron chi connectivity index (χ0n) is 20.4. The van der Waals surface area contributed by atoms with Gasteiger partial charge in [-0.05, 0) is 110 Å². The maximum atomic E-state index is 11.3. The molecule has 0 aliphatic carbocycles. The summed E-state index contributed by atoms with van der Waals surface area (Å²) in [4.78, 5) is 27.3. The average molecular weight is 456 g/mol. The van der Waals surface area contributed by atoms with Gasteiger partial charge in [-0.1, -0.05) is 18.2 Å². The Kier molecular flexibility index (Phi) is 7.79. The highest BCUT2D eigenvalue weighted by Gasteiger charge is 2.09. The second-order valence-corrected chi connectivity index (χ2v) is 8.31. The summed E-state index contributed by atoms with van der Waals surface area (Å²) in [6, 6.07) is 13.8. The topological polar surface area (TPSA) is 65.5 Å². The lowest BCUT2D eigenvalue weighted by atomic mass is 10.0. The number of esters is 2. The summed E-state index contributed by atoms with van der Waals surface area (Å²) in [7, 11) is 0. The van der Waals surface area contributed by atoms with Crippen LogP contribution in [0.25, 0.3) is 24.3 Å². The van der Waals surface area contributed by atoms with E-state index in [2.05, 4.69) is 0 Å². The molecular weight excluding hydrogens is 426 g/mol. The molecule has 0 saturated carbocycles. The third-order valence-corrected chi connectivity index (χ3v) is 5.14. The molecule has 0 unspecified atom stereocenters. The van der Waals surface area contributed by atoms with Gasteiger partial charge in [0.05, 0.1) is 11.4 Å². The standard InChI is InChI=1S/C29H29NO4/c1-18-14-24(15-19(2)28(18)33-22(5)31)10-12-26-8-7-9-27(30-26)13-11-25-16-20(3)29(21(4)17-25)34-23(6)32/h7-17H,1-6H3/b12-10+,13-11+. The third-order valence-electron chi connectivity index (χ3n) is 5.14. The lowest BCUT2D eigenvalue weighted by Crippen LogP contribution is -2.04. The maximum Gasteiger partial charge on any atom is 0.308 e.